The normalized spacial score (nSPS) is 11.6. The van der Waals surface area contributed by atoms with Gasteiger partial charge in [-0.25, -0.2) is 13.8 Å². The summed E-state index contributed by atoms with van der Waals surface area (Å²) in [5, 5.41) is 4.17. The lowest BCUT2D eigenvalue weighted by molar-refractivity contribution is -0.119. The molecule has 0 unspecified atom stereocenters. The monoisotopic (exact) mass is 542 g/mol. The summed E-state index contributed by atoms with van der Waals surface area (Å²) in [5.41, 5.74) is 11.1. The zero-order valence-electron chi connectivity index (χ0n) is 23.2. The van der Waals surface area contributed by atoms with E-state index in [2.05, 4.69) is 41.1 Å². The molecule has 4 aromatic rings. The number of carbonyl (C=O) groups is 1. The molecule has 7 nitrogen and oxygen atoms in total. The minimum atomic E-state index is -3.99. The van der Waals surface area contributed by atoms with Crippen LogP contribution < -0.4 is 9.73 Å². The van der Waals surface area contributed by atoms with Crippen LogP contribution in [0.4, 0.5) is 5.69 Å². The fourth-order valence-electron chi connectivity index (χ4n) is 4.70. The van der Waals surface area contributed by atoms with Crippen LogP contribution in [0.2, 0.25) is 0 Å². The van der Waals surface area contributed by atoms with Crippen molar-refractivity contribution >= 4 is 27.8 Å². The first-order valence-electron chi connectivity index (χ1n) is 12.7. The van der Waals surface area contributed by atoms with Gasteiger partial charge < -0.3 is 4.57 Å². The van der Waals surface area contributed by atoms with Crippen molar-refractivity contribution in [2.75, 3.05) is 10.8 Å². The third-order valence-corrected chi connectivity index (χ3v) is 8.50. The number of benzene rings is 3. The summed E-state index contributed by atoms with van der Waals surface area (Å²) in [7, 11) is -3.99. The van der Waals surface area contributed by atoms with E-state index in [1.54, 1.807) is 48.7 Å². The standard InChI is InChI=1S/C31H34N4O3S/c1-21-13-15-29(16-14-21)39(37,38)34(28-12-7-9-22(2)17-28)20-30(36)33-32-19-27-18-25(5)35(26(27)6)31-23(3)10-8-11-24(31)4/h7-19H,20H2,1-6H3,(H,33,36)/b32-19-. The molecule has 3 aromatic carbocycles. The molecule has 8 heteroatoms. The summed E-state index contributed by atoms with van der Waals surface area (Å²) in [4.78, 5) is 13.1. The third kappa shape index (κ3) is 5.96. The molecule has 1 N–H and O–H groups in total. The molecule has 4 rings (SSSR count). The number of carbonyl (C=O) groups excluding carboxylic acids is 1. The summed E-state index contributed by atoms with van der Waals surface area (Å²) in [6, 6.07) is 21.9. The maximum absolute atomic E-state index is 13.6. The molecule has 0 saturated heterocycles. The van der Waals surface area contributed by atoms with Gasteiger partial charge in [-0.2, -0.15) is 5.10 Å². The smallest absolute Gasteiger partial charge is 0.264 e. The van der Waals surface area contributed by atoms with Crippen LogP contribution in [0.3, 0.4) is 0 Å². The molecule has 0 aliphatic rings. The Labute approximate surface area is 230 Å². The average molecular weight is 543 g/mol. The van der Waals surface area contributed by atoms with Crippen molar-refractivity contribution in [3.05, 3.63) is 112 Å². The van der Waals surface area contributed by atoms with Gasteiger partial charge in [0.15, 0.2) is 0 Å². The minimum absolute atomic E-state index is 0.116. The van der Waals surface area contributed by atoms with Gasteiger partial charge in [0.05, 0.1) is 22.5 Å². The number of anilines is 1. The van der Waals surface area contributed by atoms with Crippen LogP contribution in [-0.4, -0.2) is 31.7 Å². The van der Waals surface area contributed by atoms with Gasteiger partial charge >= 0.3 is 0 Å². The number of para-hydroxylation sites is 1. The van der Waals surface area contributed by atoms with Crippen LogP contribution in [0.1, 0.15) is 39.2 Å². The molecular weight excluding hydrogens is 508 g/mol. The van der Waals surface area contributed by atoms with Crippen molar-refractivity contribution < 1.29 is 13.2 Å². The van der Waals surface area contributed by atoms with Gasteiger partial charge in [-0.15, -0.1) is 0 Å². The molecule has 0 atom stereocenters. The molecule has 1 amide bonds. The van der Waals surface area contributed by atoms with E-state index < -0.39 is 22.5 Å². The molecule has 0 bridgehead atoms. The van der Waals surface area contributed by atoms with Crippen LogP contribution in [-0.2, 0) is 14.8 Å². The second kappa shape index (κ2) is 11.3. The van der Waals surface area contributed by atoms with Crippen molar-refractivity contribution in [3.8, 4) is 5.69 Å². The molecule has 0 aliphatic heterocycles. The summed E-state index contributed by atoms with van der Waals surface area (Å²) in [5.74, 6) is -0.549. The number of aromatic nitrogens is 1. The number of nitrogens with one attached hydrogen (secondary N) is 1. The van der Waals surface area contributed by atoms with E-state index in [1.165, 1.54) is 11.1 Å². The van der Waals surface area contributed by atoms with Crippen molar-refractivity contribution in [1.82, 2.24) is 9.99 Å². The SMILES string of the molecule is Cc1ccc(S(=O)(=O)N(CC(=O)N/N=C\c2cc(C)n(-c3c(C)cccc3C)c2C)c2cccc(C)c2)cc1. The number of hydrogen-bond donors (Lipinski definition) is 1. The second-order valence-electron chi connectivity index (χ2n) is 9.86. The summed E-state index contributed by atoms with van der Waals surface area (Å²) < 4.78 is 30.4. The molecule has 0 radical (unpaired) electrons. The van der Waals surface area contributed by atoms with Gasteiger partial charge in [-0.1, -0.05) is 48.0 Å². The maximum atomic E-state index is 13.6. The number of amides is 1. The van der Waals surface area contributed by atoms with E-state index in [0.29, 0.717) is 5.69 Å². The van der Waals surface area contributed by atoms with Crippen molar-refractivity contribution in [2.24, 2.45) is 5.10 Å². The lowest BCUT2D eigenvalue weighted by atomic mass is 10.1. The van der Waals surface area contributed by atoms with Crippen LogP contribution in [0.5, 0.6) is 0 Å². The molecule has 0 aliphatic carbocycles. The Morgan fingerprint density at radius 3 is 2.15 bits per heavy atom. The van der Waals surface area contributed by atoms with Gasteiger partial charge in [0, 0.05) is 17.0 Å². The first-order valence-corrected chi connectivity index (χ1v) is 14.2. The highest BCUT2D eigenvalue weighted by Crippen LogP contribution is 2.26. The second-order valence-corrected chi connectivity index (χ2v) is 11.7. The first-order chi connectivity index (χ1) is 18.5. The Morgan fingerprint density at radius 2 is 1.51 bits per heavy atom. The molecule has 1 heterocycles. The predicted octanol–water partition coefficient (Wildman–Crippen LogP) is 5.67. The Kier molecular flexibility index (Phi) is 8.06. The quantitative estimate of drug-likeness (QED) is 0.230. The molecule has 0 spiro atoms. The lowest BCUT2D eigenvalue weighted by Crippen LogP contribution is -2.39. The van der Waals surface area contributed by atoms with Crippen LogP contribution in [0, 0.1) is 41.5 Å². The maximum Gasteiger partial charge on any atom is 0.264 e. The van der Waals surface area contributed by atoms with Gasteiger partial charge in [-0.3, -0.25) is 9.10 Å². The van der Waals surface area contributed by atoms with Crippen molar-refractivity contribution in [2.45, 2.75) is 46.4 Å². The fraction of sp³-hybridized carbons (Fsp3) is 0.226. The molecule has 1 aromatic heterocycles. The fourth-order valence-corrected chi connectivity index (χ4v) is 6.11. The lowest BCUT2D eigenvalue weighted by Gasteiger charge is -2.24. The highest BCUT2D eigenvalue weighted by Gasteiger charge is 2.27. The number of rotatable bonds is 8. The molecule has 0 fully saturated rings. The van der Waals surface area contributed by atoms with E-state index in [0.717, 1.165) is 38.1 Å². The Hall–Kier alpha value is -4.17. The van der Waals surface area contributed by atoms with Gasteiger partial charge in [0.25, 0.3) is 15.9 Å². The largest absolute Gasteiger partial charge is 0.317 e. The Morgan fingerprint density at radius 1 is 0.872 bits per heavy atom. The van der Waals surface area contributed by atoms with E-state index >= 15 is 0 Å². The average Bonchev–Trinajstić information content (AvgIpc) is 3.15. The van der Waals surface area contributed by atoms with E-state index in [-0.39, 0.29) is 4.90 Å². The van der Waals surface area contributed by atoms with Crippen LogP contribution in [0.25, 0.3) is 5.69 Å². The Balaban J connectivity index is 1.57. The third-order valence-electron chi connectivity index (χ3n) is 6.71. The van der Waals surface area contributed by atoms with Crippen LogP contribution in [0.15, 0.2) is 82.8 Å². The number of nitrogens with zero attached hydrogens (tertiary/aromatic N) is 3. The highest BCUT2D eigenvalue weighted by molar-refractivity contribution is 7.92. The van der Waals surface area contributed by atoms with Gasteiger partial charge in [-0.05, 0) is 88.6 Å². The van der Waals surface area contributed by atoms with Crippen molar-refractivity contribution in [1.29, 1.82) is 0 Å². The number of sulfonamides is 1. The number of aryl methyl sites for hydroxylation is 5. The van der Waals surface area contributed by atoms with E-state index in [9.17, 15) is 13.2 Å². The minimum Gasteiger partial charge on any atom is -0.317 e. The number of hydrazone groups is 1. The summed E-state index contributed by atoms with van der Waals surface area (Å²) in [6.45, 7) is 11.6. The van der Waals surface area contributed by atoms with E-state index in [4.69, 9.17) is 0 Å². The predicted molar refractivity (Wildman–Crippen MR) is 157 cm³/mol. The molecular formula is C31H34N4O3S. The van der Waals surface area contributed by atoms with E-state index in [1.807, 2.05) is 45.9 Å². The summed E-state index contributed by atoms with van der Waals surface area (Å²) in [6.07, 6.45) is 1.59. The Bertz CT molecular complexity index is 1630. The number of hydrogen-bond acceptors (Lipinski definition) is 4. The molecule has 39 heavy (non-hydrogen) atoms. The highest BCUT2D eigenvalue weighted by atomic mass is 32.2. The molecule has 202 valence electrons. The molecule has 0 saturated carbocycles. The van der Waals surface area contributed by atoms with Gasteiger partial charge in [0.2, 0.25) is 0 Å². The first kappa shape index (κ1) is 27.9. The van der Waals surface area contributed by atoms with Crippen LogP contribution >= 0.6 is 0 Å². The zero-order chi connectivity index (χ0) is 28.3. The zero-order valence-corrected chi connectivity index (χ0v) is 24.0. The topological polar surface area (TPSA) is 83.8 Å². The van der Waals surface area contributed by atoms with Gasteiger partial charge in [0.1, 0.15) is 6.54 Å². The van der Waals surface area contributed by atoms with Crippen molar-refractivity contribution in [3.63, 3.8) is 0 Å². The summed E-state index contributed by atoms with van der Waals surface area (Å²) >= 11 is 0.